The van der Waals surface area contributed by atoms with E-state index in [0.29, 0.717) is 18.5 Å². The lowest BCUT2D eigenvalue weighted by molar-refractivity contribution is 0.0513. The quantitative estimate of drug-likeness (QED) is 0.521. The number of carbonyl (C=O) groups excluding carboxylic acids is 2. The molecular weight excluding hydrogens is 313 g/mol. The SMILES string of the molecule is CCOC(=O)c1cc(C#CCCNC(=O)OC(C)(C)C)ccc1F. The first-order valence-corrected chi connectivity index (χ1v) is 7.65. The lowest BCUT2D eigenvalue weighted by Gasteiger charge is -2.19. The van der Waals surface area contributed by atoms with Crippen LogP contribution < -0.4 is 5.32 Å². The highest BCUT2D eigenvalue weighted by molar-refractivity contribution is 5.90. The molecular formula is C18H22FNO4. The zero-order chi connectivity index (χ0) is 18.2. The van der Waals surface area contributed by atoms with Crippen LogP contribution in [-0.2, 0) is 9.47 Å². The second kappa shape index (κ2) is 8.92. The first-order chi connectivity index (χ1) is 11.2. The third kappa shape index (κ3) is 7.14. The van der Waals surface area contributed by atoms with Gasteiger partial charge in [-0.2, -0.15) is 0 Å². The Morgan fingerprint density at radius 3 is 2.62 bits per heavy atom. The number of alkyl carbamates (subject to hydrolysis) is 1. The fourth-order valence-corrected chi connectivity index (χ4v) is 1.67. The van der Waals surface area contributed by atoms with Crippen LogP contribution in [0.3, 0.4) is 0 Å². The van der Waals surface area contributed by atoms with Gasteiger partial charge in [0.25, 0.3) is 0 Å². The van der Waals surface area contributed by atoms with E-state index >= 15 is 0 Å². The summed E-state index contributed by atoms with van der Waals surface area (Å²) >= 11 is 0. The number of rotatable bonds is 4. The second-order valence-electron chi connectivity index (χ2n) is 5.90. The van der Waals surface area contributed by atoms with Crippen LogP contribution >= 0.6 is 0 Å². The predicted octanol–water partition coefficient (Wildman–Crippen LogP) is 3.27. The lowest BCUT2D eigenvalue weighted by atomic mass is 10.1. The van der Waals surface area contributed by atoms with Crippen LogP contribution in [-0.4, -0.2) is 30.8 Å². The van der Waals surface area contributed by atoms with E-state index in [1.807, 2.05) is 0 Å². The Morgan fingerprint density at radius 2 is 2.00 bits per heavy atom. The molecule has 1 aromatic rings. The van der Waals surface area contributed by atoms with E-state index in [1.165, 1.54) is 18.2 Å². The van der Waals surface area contributed by atoms with Gasteiger partial charge in [-0.3, -0.25) is 0 Å². The summed E-state index contributed by atoms with van der Waals surface area (Å²) in [6.45, 7) is 7.49. The van der Waals surface area contributed by atoms with E-state index in [1.54, 1.807) is 27.7 Å². The number of halogens is 1. The Kier molecular flexibility index (Phi) is 7.25. The highest BCUT2D eigenvalue weighted by Crippen LogP contribution is 2.11. The van der Waals surface area contributed by atoms with Crippen molar-refractivity contribution < 1.29 is 23.5 Å². The Bertz CT molecular complexity index is 653. The standard InChI is InChI=1S/C18H22FNO4/c1-5-23-16(21)14-12-13(9-10-15(14)19)8-6-7-11-20-17(22)24-18(2,3)4/h9-10,12H,5,7,11H2,1-4H3,(H,20,22). The van der Waals surface area contributed by atoms with Crippen LogP contribution in [0.2, 0.25) is 0 Å². The maximum atomic E-state index is 13.6. The number of esters is 1. The van der Waals surface area contributed by atoms with Gasteiger partial charge in [0.05, 0.1) is 12.2 Å². The van der Waals surface area contributed by atoms with E-state index in [-0.39, 0.29) is 12.2 Å². The van der Waals surface area contributed by atoms with Crippen LogP contribution in [0.4, 0.5) is 9.18 Å². The molecule has 0 heterocycles. The molecule has 0 aliphatic heterocycles. The van der Waals surface area contributed by atoms with Crippen molar-refractivity contribution in [2.75, 3.05) is 13.2 Å². The normalized spacial score (nSPS) is 10.4. The first kappa shape index (κ1) is 19.5. The van der Waals surface area contributed by atoms with Crippen LogP contribution in [0.25, 0.3) is 0 Å². The number of benzene rings is 1. The van der Waals surface area contributed by atoms with Gasteiger partial charge < -0.3 is 14.8 Å². The molecule has 0 fully saturated rings. The van der Waals surface area contributed by atoms with Crippen molar-refractivity contribution in [1.29, 1.82) is 0 Å². The number of hydrogen-bond donors (Lipinski definition) is 1. The molecule has 1 aromatic carbocycles. The molecule has 5 nitrogen and oxygen atoms in total. The van der Waals surface area contributed by atoms with Crippen LogP contribution in [0, 0.1) is 17.7 Å². The summed E-state index contributed by atoms with van der Waals surface area (Å²) in [5.41, 5.74) is -0.194. The molecule has 0 saturated carbocycles. The fourth-order valence-electron chi connectivity index (χ4n) is 1.67. The maximum Gasteiger partial charge on any atom is 0.407 e. The molecule has 6 heteroatoms. The summed E-state index contributed by atoms with van der Waals surface area (Å²) in [5.74, 6) is 4.29. The summed E-state index contributed by atoms with van der Waals surface area (Å²) in [6.07, 6.45) is -0.110. The van der Waals surface area contributed by atoms with Gasteiger partial charge in [-0.25, -0.2) is 14.0 Å². The molecule has 0 aliphatic rings. The minimum Gasteiger partial charge on any atom is -0.462 e. The van der Waals surface area contributed by atoms with E-state index in [2.05, 4.69) is 17.2 Å². The van der Waals surface area contributed by atoms with Gasteiger partial charge in [-0.1, -0.05) is 11.8 Å². The average molecular weight is 335 g/mol. The lowest BCUT2D eigenvalue weighted by Crippen LogP contribution is -2.32. The predicted molar refractivity (Wildman–Crippen MR) is 88.1 cm³/mol. The summed E-state index contributed by atoms with van der Waals surface area (Å²) in [7, 11) is 0. The number of ether oxygens (including phenoxy) is 2. The molecule has 0 bridgehead atoms. The van der Waals surface area contributed by atoms with Crippen molar-refractivity contribution in [3.63, 3.8) is 0 Å². The average Bonchev–Trinajstić information content (AvgIpc) is 2.46. The molecule has 0 radical (unpaired) electrons. The fraction of sp³-hybridized carbons (Fsp3) is 0.444. The third-order valence-corrected chi connectivity index (χ3v) is 2.61. The van der Waals surface area contributed by atoms with Gasteiger partial charge in [-0.15, -0.1) is 0 Å². The molecule has 0 saturated heterocycles. The Morgan fingerprint density at radius 1 is 1.29 bits per heavy atom. The zero-order valence-corrected chi connectivity index (χ0v) is 14.4. The third-order valence-electron chi connectivity index (χ3n) is 2.61. The first-order valence-electron chi connectivity index (χ1n) is 7.65. The summed E-state index contributed by atoms with van der Waals surface area (Å²) < 4.78 is 23.5. The topological polar surface area (TPSA) is 64.6 Å². The van der Waals surface area contributed by atoms with E-state index < -0.39 is 23.5 Å². The number of amides is 1. The van der Waals surface area contributed by atoms with Gasteiger partial charge in [0, 0.05) is 18.5 Å². The minimum atomic E-state index is -0.717. The van der Waals surface area contributed by atoms with Gasteiger partial charge in [0.15, 0.2) is 0 Å². The molecule has 0 atom stereocenters. The monoisotopic (exact) mass is 335 g/mol. The molecule has 1 N–H and O–H groups in total. The molecule has 1 rings (SSSR count). The van der Waals surface area contributed by atoms with Crippen LogP contribution in [0.15, 0.2) is 18.2 Å². The van der Waals surface area contributed by atoms with E-state index in [9.17, 15) is 14.0 Å². The van der Waals surface area contributed by atoms with Crippen molar-refractivity contribution in [2.45, 2.75) is 39.7 Å². The highest BCUT2D eigenvalue weighted by Gasteiger charge is 2.15. The minimum absolute atomic E-state index is 0.143. The zero-order valence-electron chi connectivity index (χ0n) is 14.4. The van der Waals surface area contributed by atoms with Crippen LogP contribution in [0.1, 0.15) is 50.0 Å². The van der Waals surface area contributed by atoms with E-state index in [4.69, 9.17) is 9.47 Å². The number of hydrogen-bond acceptors (Lipinski definition) is 4. The largest absolute Gasteiger partial charge is 0.462 e. The Balaban J connectivity index is 2.56. The molecule has 130 valence electrons. The summed E-state index contributed by atoms with van der Waals surface area (Å²) in [4.78, 5) is 23.0. The van der Waals surface area contributed by atoms with Gasteiger partial charge in [0.1, 0.15) is 11.4 Å². The van der Waals surface area contributed by atoms with Crippen molar-refractivity contribution in [3.8, 4) is 11.8 Å². The molecule has 0 aliphatic carbocycles. The van der Waals surface area contributed by atoms with E-state index in [0.717, 1.165) is 0 Å². The number of nitrogens with one attached hydrogen (secondary N) is 1. The molecule has 0 spiro atoms. The van der Waals surface area contributed by atoms with Crippen molar-refractivity contribution in [3.05, 3.63) is 35.1 Å². The van der Waals surface area contributed by atoms with Gasteiger partial charge in [0.2, 0.25) is 0 Å². The van der Waals surface area contributed by atoms with Gasteiger partial charge >= 0.3 is 12.1 Å². The maximum absolute atomic E-state index is 13.6. The molecule has 1 amide bonds. The van der Waals surface area contributed by atoms with Crippen molar-refractivity contribution >= 4 is 12.1 Å². The Hall–Kier alpha value is -2.55. The van der Waals surface area contributed by atoms with Crippen molar-refractivity contribution in [1.82, 2.24) is 5.32 Å². The molecule has 24 heavy (non-hydrogen) atoms. The summed E-state index contributed by atoms with van der Waals surface area (Å²) in [6, 6.07) is 4.00. The molecule has 0 aromatic heterocycles. The highest BCUT2D eigenvalue weighted by atomic mass is 19.1. The Labute approximate surface area is 141 Å². The number of carbonyl (C=O) groups is 2. The summed E-state index contributed by atoms with van der Waals surface area (Å²) in [5, 5.41) is 2.58. The molecule has 0 unspecified atom stereocenters. The van der Waals surface area contributed by atoms with Crippen molar-refractivity contribution in [2.24, 2.45) is 0 Å². The van der Waals surface area contributed by atoms with Crippen LogP contribution in [0.5, 0.6) is 0 Å². The second-order valence-corrected chi connectivity index (χ2v) is 5.90. The van der Waals surface area contributed by atoms with Gasteiger partial charge in [-0.05, 0) is 45.9 Å². The smallest absolute Gasteiger partial charge is 0.407 e.